The standard InChI is InChI=1S/C15H14Br2O5/c1-7-8-4-11(20-2)15(21-3)12(9(18)5-16)14(8)22-13(7)10(19)6-17/h4H,5-6H2,1-3H3. The number of methoxy groups -OCH3 is 2. The van der Waals surface area contributed by atoms with Crippen LogP contribution in [0.2, 0.25) is 0 Å². The van der Waals surface area contributed by atoms with Gasteiger partial charge in [-0.05, 0) is 13.0 Å². The summed E-state index contributed by atoms with van der Waals surface area (Å²) >= 11 is 6.28. The summed E-state index contributed by atoms with van der Waals surface area (Å²) in [6.07, 6.45) is 0. The molecular weight excluding hydrogens is 420 g/mol. The minimum absolute atomic E-state index is 0.104. The zero-order valence-electron chi connectivity index (χ0n) is 12.3. The fraction of sp³-hybridized carbons (Fsp3) is 0.333. The third-order valence-electron chi connectivity index (χ3n) is 3.35. The van der Waals surface area contributed by atoms with Crippen LogP contribution in [0.1, 0.15) is 26.5 Å². The number of ether oxygens (including phenoxy) is 2. The van der Waals surface area contributed by atoms with Crippen LogP contribution in [0.4, 0.5) is 0 Å². The Balaban J connectivity index is 2.91. The fourth-order valence-corrected chi connectivity index (χ4v) is 2.84. The first-order valence-corrected chi connectivity index (χ1v) is 8.60. The average Bonchev–Trinajstić information content (AvgIpc) is 2.88. The summed E-state index contributed by atoms with van der Waals surface area (Å²) in [5.74, 6) is 0.536. The molecule has 1 aromatic carbocycles. The fourth-order valence-electron chi connectivity index (χ4n) is 2.31. The maximum absolute atomic E-state index is 12.3. The summed E-state index contributed by atoms with van der Waals surface area (Å²) in [5.41, 5.74) is 1.28. The number of rotatable bonds is 6. The zero-order chi connectivity index (χ0) is 16.4. The number of Topliss-reactive ketones (excluding diaryl/α,β-unsaturated/α-hetero) is 2. The first kappa shape index (κ1) is 17.0. The highest BCUT2D eigenvalue weighted by atomic mass is 79.9. The molecule has 0 bridgehead atoms. The van der Waals surface area contributed by atoms with Crippen LogP contribution in [0, 0.1) is 6.92 Å². The summed E-state index contributed by atoms with van der Waals surface area (Å²) in [6.45, 7) is 1.77. The van der Waals surface area contributed by atoms with Gasteiger partial charge in [-0.3, -0.25) is 9.59 Å². The quantitative estimate of drug-likeness (QED) is 0.510. The maximum atomic E-state index is 12.3. The number of hydrogen-bond donors (Lipinski definition) is 0. The normalized spacial score (nSPS) is 10.8. The molecule has 5 nitrogen and oxygen atoms in total. The number of aryl methyl sites for hydroxylation is 1. The second-order valence-electron chi connectivity index (χ2n) is 4.53. The second kappa shape index (κ2) is 6.83. The van der Waals surface area contributed by atoms with Crippen molar-refractivity contribution in [2.75, 3.05) is 24.9 Å². The SMILES string of the molecule is COc1cc2c(C)c(C(=O)CBr)oc2c(C(=O)CBr)c1OC. The smallest absolute Gasteiger partial charge is 0.208 e. The molecule has 2 aromatic rings. The van der Waals surface area contributed by atoms with Gasteiger partial charge in [0.15, 0.2) is 23.0 Å². The Hall–Kier alpha value is -1.34. The van der Waals surface area contributed by atoms with E-state index in [2.05, 4.69) is 31.9 Å². The highest BCUT2D eigenvalue weighted by molar-refractivity contribution is 9.09. The van der Waals surface area contributed by atoms with E-state index in [0.29, 0.717) is 28.0 Å². The number of carbonyl (C=O) groups excluding carboxylic acids is 2. The lowest BCUT2D eigenvalue weighted by atomic mass is 10.0. The molecule has 0 amide bonds. The van der Waals surface area contributed by atoms with Crippen molar-refractivity contribution in [1.82, 2.24) is 0 Å². The lowest BCUT2D eigenvalue weighted by Crippen LogP contribution is -2.05. The number of carbonyl (C=O) groups is 2. The highest BCUT2D eigenvalue weighted by Crippen LogP contribution is 2.41. The van der Waals surface area contributed by atoms with E-state index in [-0.39, 0.29) is 33.6 Å². The van der Waals surface area contributed by atoms with Gasteiger partial charge in [-0.15, -0.1) is 0 Å². The van der Waals surface area contributed by atoms with Crippen LogP contribution in [-0.2, 0) is 0 Å². The maximum Gasteiger partial charge on any atom is 0.208 e. The first-order chi connectivity index (χ1) is 10.5. The van der Waals surface area contributed by atoms with E-state index < -0.39 is 0 Å². The van der Waals surface area contributed by atoms with Crippen molar-refractivity contribution in [2.45, 2.75) is 6.92 Å². The number of hydrogen-bond acceptors (Lipinski definition) is 5. The van der Waals surface area contributed by atoms with Crippen LogP contribution in [0.25, 0.3) is 11.0 Å². The Labute approximate surface area is 144 Å². The predicted octanol–water partition coefficient (Wildman–Crippen LogP) is 3.91. The lowest BCUT2D eigenvalue weighted by molar-refractivity contribution is 0.0987. The van der Waals surface area contributed by atoms with E-state index in [1.54, 1.807) is 13.0 Å². The molecule has 22 heavy (non-hydrogen) atoms. The zero-order valence-corrected chi connectivity index (χ0v) is 15.5. The molecule has 0 aliphatic carbocycles. The van der Waals surface area contributed by atoms with Crippen molar-refractivity contribution < 1.29 is 23.5 Å². The van der Waals surface area contributed by atoms with Gasteiger partial charge in [0.05, 0.1) is 24.9 Å². The van der Waals surface area contributed by atoms with E-state index in [4.69, 9.17) is 13.9 Å². The summed E-state index contributed by atoms with van der Waals surface area (Å²) < 4.78 is 16.3. The van der Waals surface area contributed by atoms with E-state index in [1.165, 1.54) is 14.2 Å². The van der Waals surface area contributed by atoms with E-state index in [0.717, 1.165) is 0 Å². The summed E-state index contributed by atoms with van der Waals surface area (Å²) in [7, 11) is 2.95. The number of furan rings is 1. The molecule has 0 saturated carbocycles. The van der Waals surface area contributed by atoms with Gasteiger partial charge < -0.3 is 13.9 Å². The Morgan fingerprint density at radius 2 is 1.77 bits per heavy atom. The van der Waals surface area contributed by atoms with Gasteiger partial charge >= 0.3 is 0 Å². The molecule has 7 heteroatoms. The van der Waals surface area contributed by atoms with Gasteiger partial charge in [-0.2, -0.15) is 0 Å². The van der Waals surface area contributed by atoms with Crippen LogP contribution in [0.5, 0.6) is 11.5 Å². The number of benzene rings is 1. The minimum Gasteiger partial charge on any atom is -0.493 e. The Bertz CT molecular complexity index is 748. The number of fused-ring (bicyclic) bond motifs is 1. The van der Waals surface area contributed by atoms with Crippen molar-refractivity contribution in [3.8, 4) is 11.5 Å². The molecule has 0 radical (unpaired) electrons. The van der Waals surface area contributed by atoms with Crippen LogP contribution < -0.4 is 9.47 Å². The number of alkyl halides is 2. The summed E-state index contributed by atoms with van der Waals surface area (Å²) in [5, 5.41) is 0.905. The Morgan fingerprint density at radius 3 is 2.27 bits per heavy atom. The van der Waals surface area contributed by atoms with Crippen LogP contribution in [-0.4, -0.2) is 36.4 Å². The van der Waals surface area contributed by atoms with Gasteiger partial charge in [-0.1, -0.05) is 31.9 Å². The molecule has 1 aromatic heterocycles. The van der Waals surface area contributed by atoms with E-state index in [9.17, 15) is 9.59 Å². The van der Waals surface area contributed by atoms with Crippen molar-refractivity contribution in [3.05, 3.63) is 23.0 Å². The Morgan fingerprint density at radius 1 is 1.14 bits per heavy atom. The number of ketones is 2. The topological polar surface area (TPSA) is 65.7 Å². The lowest BCUT2D eigenvalue weighted by Gasteiger charge is -2.12. The van der Waals surface area contributed by atoms with Crippen molar-refractivity contribution in [1.29, 1.82) is 0 Å². The van der Waals surface area contributed by atoms with E-state index in [1.807, 2.05) is 0 Å². The average molecular weight is 434 g/mol. The van der Waals surface area contributed by atoms with Gasteiger partial charge in [0.2, 0.25) is 5.78 Å². The molecule has 0 fully saturated rings. The third-order valence-corrected chi connectivity index (χ3v) is 4.36. The van der Waals surface area contributed by atoms with Crippen molar-refractivity contribution >= 4 is 54.4 Å². The molecule has 1 heterocycles. The minimum atomic E-state index is -0.215. The molecule has 0 N–H and O–H groups in total. The molecule has 0 spiro atoms. The van der Waals surface area contributed by atoms with Crippen molar-refractivity contribution in [2.24, 2.45) is 0 Å². The molecule has 0 saturated heterocycles. The van der Waals surface area contributed by atoms with Gasteiger partial charge in [0.25, 0.3) is 0 Å². The number of halogens is 2. The van der Waals surface area contributed by atoms with Crippen LogP contribution in [0.3, 0.4) is 0 Å². The van der Waals surface area contributed by atoms with E-state index >= 15 is 0 Å². The molecule has 0 unspecified atom stereocenters. The molecule has 118 valence electrons. The Kier molecular flexibility index (Phi) is 5.28. The largest absolute Gasteiger partial charge is 0.493 e. The van der Waals surface area contributed by atoms with Gasteiger partial charge in [-0.25, -0.2) is 0 Å². The summed E-state index contributed by atoms with van der Waals surface area (Å²) in [6, 6.07) is 1.71. The summed E-state index contributed by atoms with van der Waals surface area (Å²) in [4.78, 5) is 24.3. The molecule has 0 aliphatic rings. The molecule has 0 atom stereocenters. The van der Waals surface area contributed by atoms with Crippen molar-refractivity contribution in [3.63, 3.8) is 0 Å². The molecular formula is C15H14Br2O5. The monoisotopic (exact) mass is 432 g/mol. The van der Waals surface area contributed by atoms with Crippen LogP contribution in [0.15, 0.2) is 10.5 Å². The predicted molar refractivity (Wildman–Crippen MR) is 90.3 cm³/mol. The molecule has 0 aliphatic heterocycles. The second-order valence-corrected chi connectivity index (χ2v) is 5.66. The third kappa shape index (κ3) is 2.67. The van der Waals surface area contributed by atoms with Gasteiger partial charge in [0, 0.05) is 10.9 Å². The molecule has 2 rings (SSSR count). The van der Waals surface area contributed by atoms with Gasteiger partial charge in [0.1, 0.15) is 11.1 Å². The van der Waals surface area contributed by atoms with Crippen LogP contribution >= 0.6 is 31.9 Å². The first-order valence-electron chi connectivity index (χ1n) is 6.36. The highest BCUT2D eigenvalue weighted by Gasteiger charge is 2.27.